The number of primary amides is 1. The molecule has 0 saturated carbocycles. The number of carbonyl (C=O) groups excluding carboxylic acids is 9. The van der Waals surface area contributed by atoms with Crippen molar-refractivity contribution in [3.8, 4) is 0 Å². The van der Waals surface area contributed by atoms with Gasteiger partial charge in [0.25, 0.3) is 11.8 Å². The number of Topliss-reactive ketones (excluding diaryl/α,β-unsaturated/α-hetero) is 1. The van der Waals surface area contributed by atoms with Gasteiger partial charge in [0.05, 0.1) is 84.2 Å². The fraction of sp³-hybridized carbons (Fsp3) is 0.574. The number of ether oxygens (including phenoxy) is 6. The van der Waals surface area contributed by atoms with Crippen LogP contribution in [0, 0.1) is 30.5 Å². The highest BCUT2D eigenvalue weighted by Crippen LogP contribution is 2.50. The summed E-state index contributed by atoms with van der Waals surface area (Å²) in [7, 11) is 2.97. The van der Waals surface area contributed by atoms with Crippen molar-refractivity contribution in [3.05, 3.63) is 80.6 Å². The Morgan fingerprint density at radius 2 is 1.66 bits per heavy atom. The van der Waals surface area contributed by atoms with Crippen LogP contribution in [0.4, 0.5) is 25.4 Å². The van der Waals surface area contributed by atoms with Gasteiger partial charge in [-0.05, 0) is 80.8 Å². The molecule has 488 valence electrons. The van der Waals surface area contributed by atoms with Crippen molar-refractivity contribution < 1.29 is 85.9 Å². The largest absolute Gasteiger partial charge is 0.462 e. The van der Waals surface area contributed by atoms with Crippen molar-refractivity contribution in [2.45, 2.75) is 154 Å². The van der Waals surface area contributed by atoms with E-state index in [9.17, 15) is 48.3 Å². The number of hydrogen-bond acceptors (Lipinski definition) is 18. The van der Waals surface area contributed by atoms with Crippen LogP contribution in [0.5, 0.6) is 0 Å². The molecule has 89 heavy (non-hydrogen) atoms. The van der Waals surface area contributed by atoms with Gasteiger partial charge in [-0.1, -0.05) is 86.1 Å². The van der Waals surface area contributed by atoms with Crippen LogP contribution in [0.25, 0.3) is 0 Å². The van der Waals surface area contributed by atoms with Gasteiger partial charge in [-0.3, -0.25) is 34.1 Å². The number of ketones is 1. The number of rotatable bonds is 25. The number of allylic oxidation sites excluding steroid dienone is 3. The summed E-state index contributed by atoms with van der Waals surface area (Å²) >= 11 is 19.1. The smallest absolute Gasteiger partial charge is 0.412 e. The lowest BCUT2D eigenvalue weighted by molar-refractivity contribution is -0.198. The van der Waals surface area contributed by atoms with Gasteiger partial charge in [0.15, 0.2) is 5.78 Å². The molecule has 0 spiro atoms. The number of imide groups is 1. The molecule has 9 atom stereocenters. The standard InChI is InChI=1S/C61H80Cl2FN7O17S/c1-33(2)39(28-49(89)66-18-20-84-22-21-83-19-16-53(76)88-71-50(73)14-15-51(71)74)57(78)68-42(12-10-17-67-58(65)79)45(72)27-38-26-40(62)43(29-41(38)64)69-59(80)86-48-30-52(75)70(7)44-25-37(24-35(4)55(44)63)23-34(3)11-9-13-47(82-8)61(81)31-46(85-54(77)32-61)36(5)56-60(48,6)87-56/h9,11,13,24-26,29,33,36,39,42,46-48,56,81H,10,12,14-23,27-28,30-32H2,1-8H3,(H,66,89)(H,68,78)(H,69,80)(H3,65,67,79)/b13-9+,34-11+/t36-,39+,42+,46+,47-,48+,56+,60+,61-/m1/s1. The van der Waals surface area contributed by atoms with Crippen LogP contribution in [0.1, 0.15) is 109 Å². The molecule has 4 bridgehead atoms. The third-order valence-corrected chi connectivity index (χ3v) is 17.1. The summed E-state index contributed by atoms with van der Waals surface area (Å²) in [6, 6.07) is 3.76. The van der Waals surface area contributed by atoms with Crippen molar-refractivity contribution >= 4 is 105 Å². The van der Waals surface area contributed by atoms with E-state index in [1.807, 2.05) is 39.8 Å². The van der Waals surface area contributed by atoms with Crippen LogP contribution in [-0.2, 0) is 79.7 Å². The van der Waals surface area contributed by atoms with Crippen LogP contribution in [0.2, 0.25) is 10.0 Å². The minimum Gasteiger partial charge on any atom is -0.462 e. The molecule has 24 nitrogen and oxygen atoms in total. The van der Waals surface area contributed by atoms with Crippen molar-refractivity contribution in [3.63, 3.8) is 0 Å². The van der Waals surface area contributed by atoms with Crippen LogP contribution in [-0.4, -0.2) is 164 Å². The van der Waals surface area contributed by atoms with E-state index < -0.39 is 126 Å². The number of urea groups is 1. The summed E-state index contributed by atoms with van der Waals surface area (Å²) in [5.41, 5.74) is 4.62. The number of esters is 1. The van der Waals surface area contributed by atoms with Crippen LogP contribution in [0.15, 0.2) is 48.1 Å². The Morgan fingerprint density at radius 3 is 2.34 bits per heavy atom. The van der Waals surface area contributed by atoms with Crippen LogP contribution >= 0.6 is 35.4 Å². The number of benzene rings is 2. The molecule has 0 radical (unpaired) electrons. The minimum absolute atomic E-state index is 0.0137. The van der Waals surface area contributed by atoms with Crippen LogP contribution < -0.4 is 31.9 Å². The Hall–Kier alpha value is -6.65. The van der Waals surface area contributed by atoms with Gasteiger partial charge < -0.3 is 64.9 Å². The average molecular weight is 1310 g/mol. The number of aryl methyl sites for hydroxylation is 1. The maximum absolute atomic E-state index is 16.2. The number of anilines is 2. The molecular weight excluding hydrogens is 1220 g/mol. The van der Waals surface area contributed by atoms with E-state index in [2.05, 4.69) is 21.3 Å². The lowest BCUT2D eigenvalue weighted by Crippen LogP contribution is -2.53. The Morgan fingerprint density at radius 1 is 0.966 bits per heavy atom. The number of fused-ring (bicyclic) bond motifs is 5. The quantitative estimate of drug-likeness (QED) is 0.0207. The lowest BCUT2D eigenvalue weighted by atomic mass is 9.78. The first-order valence-corrected chi connectivity index (χ1v) is 30.5. The molecule has 3 saturated heterocycles. The van der Waals surface area contributed by atoms with Gasteiger partial charge in [-0.2, -0.15) is 0 Å². The zero-order valence-corrected chi connectivity index (χ0v) is 53.5. The van der Waals surface area contributed by atoms with Gasteiger partial charge >= 0.3 is 24.1 Å². The molecule has 28 heteroatoms. The summed E-state index contributed by atoms with van der Waals surface area (Å²) in [6.45, 7) is 11.5. The number of hydrogen-bond donors (Lipinski definition) is 6. The Kier molecular flexibility index (Phi) is 26.0. The van der Waals surface area contributed by atoms with E-state index in [4.69, 9.17) is 74.4 Å². The average Bonchev–Trinajstić information content (AvgIpc) is 1.69. The maximum Gasteiger partial charge on any atom is 0.412 e. The molecule has 4 heterocycles. The minimum atomic E-state index is -1.67. The topological polar surface area (TPSA) is 322 Å². The van der Waals surface area contributed by atoms with Gasteiger partial charge in [0, 0.05) is 71.2 Å². The summed E-state index contributed by atoms with van der Waals surface area (Å²) in [6.07, 6.45) is -0.659. The molecule has 0 aromatic heterocycles. The molecule has 0 aliphatic carbocycles. The molecule has 3 fully saturated rings. The number of hydroxylamine groups is 2. The monoisotopic (exact) mass is 1300 g/mol. The molecule has 2 aromatic carbocycles. The molecular formula is C61H80Cl2FN7O17S. The maximum atomic E-state index is 16.2. The zero-order valence-electron chi connectivity index (χ0n) is 51.2. The highest BCUT2D eigenvalue weighted by Gasteiger charge is 2.64. The second-order valence-corrected chi connectivity index (χ2v) is 24.5. The third kappa shape index (κ3) is 19.9. The number of halogens is 3. The number of aliphatic hydroxyl groups is 1. The molecule has 7 amide bonds. The zero-order chi connectivity index (χ0) is 65.5. The highest BCUT2D eigenvalue weighted by molar-refractivity contribution is 7.80. The lowest BCUT2D eigenvalue weighted by Gasteiger charge is -2.41. The number of nitrogens with two attached hydrogens (primary N) is 1. The molecule has 0 unspecified atom stereocenters. The van der Waals surface area contributed by atoms with Crippen molar-refractivity contribution in [2.75, 3.05) is 63.9 Å². The van der Waals surface area contributed by atoms with Crippen molar-refractivity contribution in [1.29, 1.82) is 0 Å². The van der Waals surface area contributed by atoms with Gasteiger partial charge in [-0.25, -0.2) is 18.8 Å². The van der Waals surface area contributed by atoms with E-state index >= 15 is 4.39 Å². The Bertz CT molecular complexity index is 3050. The van der Waals surface area contributed by atoms with Gasteiger partial charge in [0.2, 0.25) is 11.8 Å². The predicted molar refractivity (Wildman–Crippen MR) is 328 cm³/mol. The summed E-state index contributed by atoms with van der Waals surface area (Å²) in [5, 5.41) is 23.3. The Balaban J connectivity index is 1.10. The van der Waals surface area contributed by atoms with E-state index in [1.165, 1.54) is 19.1 Å². The molecule has 4 aliphatic rings. The first-order chi connectivity index (χ1) is 42.0. The fourth-order valence-electron chi connectivity index (χ4n) is 10.9. The molecule has 7 N–H and O–H groups in total. The fourth-order valence-corrected chi connectivity index (χ4v) is 11.6. The number of thiocarbonyl (C=S) groups is 1. The van der Waals surface area contributed by atoms with Crippen LogP contribution in [0.3, 0.4) is 0 Å². The van der Waals surface area contributed by atoms with E-state index in [0.717, 1.165) is 23.3 Å². The van der Waals surface area contributed by atoms with E-state index in [-0.39, 0.29) is 113 Å². The predicted octanol–water partition coefficient (Wildman–Crippen LogP) is 6.37. The van der Waals surface area contributed by atoms with Crippen molar-refractivity contribution in [2.24, 2.45) is 23.5 Å². The second kappa shape index (κ2) is 32.4. The molecule has 2 aromatic rings. The van der Waals surface area contributed by atoms with Gasteiger partial charge in [-0.15, -0.1) is 5.06 Å². The summed E-state index contributed by atoms with van der Waals surface area (Å²) < 4.78 is 51.0. The van der Waals surface area contributed by atoms with E-state index in [0.29, 0.717) is 32.7 Å². The Labute approximate surface area is 531 Å². The summed E-state index contributed by atoms with van der Waals surface area (Å²) in [5.74, 6) is -6.83. The second-order valence-electron chi connectivity index (χ2n) is 23.2. The number of nitrogens with one attached hydrogen (secondary N) is 4. The van der Waals surface area contributed by atoms with Crippen molar-refractivity contribution in [1.82, 2.24) is 21.0 Å². The normalized spacial score (nSPS) is 24.6. The summed E-state index contributed by atoms with van der Waals surface area (Å²) in [4.78, 5) is 123. The molecule has 4 aliphatic heterocycles. The third-order valence-electron chi connectivity index (χ3n) is 16.0. The first-order valence-electron chi connectivity index (χ1n) is 29.4. The first kappa shape index (κ1) is 71.4. The van der Waals surface area contributed by atoms with E-state index in [1.54, 1.807) is 32.1 Å². The van der Waals surface area contributed by atoms with Gasteiger partial charge in [0.1, 0.15) is 35.3 Å². The highest BCUT2D eigenvalue weighted by atomic mass is 35.5. The SMILES string of the molecule is CO[C@@H]1/C=C/C=C(\C)Cc2cc(C)c(Cl)c(c2)N(C)C(=O)C[C@H](OC(=O)Nc2cc(F)c(CC(=O)[C@H](CCCNC(N)=O)NC(=O)[C@@H](CC(=S)NCCOCCOCCC(=O)ON3C(=O)CCC3=O)C(C)C)cc2Cl)[C@]2(C)O[C@H]2[C@H](C)[C@@H]2C[C@@]1(O)CC(=O)O2. The number of carbonyl (C=O) groups is 9. The number of methoxy groups -OCH3 is 1. The molecule has 6 rings (SSSR count). The number of epoxide rings is 1. The number of amides is 7. The number of nitrogens with zero attached hydrogens (tertiary/aromatic N) is 2.